The van der Waals surface area contributed by atoms with Gasteiger partial charge < -0.3 is 5.32 Å². The van der Waals surface area contributed by atoms with E-state index in [1.807, 2.05) is 0 Å². The zero-order valence-corrected chi connectivity index (χ0v) is 12.1. The molecule has 0 aromatic rings. The van der Waals surface area contributed by atoms with Gasteiger partial charge in [0.25, 0.3) is 0 Å². The summed E-state index contributed by atoms with van der Waals surface area (Å²) in [7, 11) is 0. The summed E-state index contributed by atoms with van der Waals surface area (Å²) in [5, 5.41) is 3.61. The molecule has 1 fully saturated rings. The number of hydrogen-bond donors (Lipinski definition) is 1. The summed E-state index contributed by atoms with van der Waals surface area (Å²) in [6.45, 7) is 5.96. The summed E-state index contributed by atoms with van der Waals surface area (Å²) < 4.78 is 0. The third kappa shape index (κ3) is 9.64. The smallest absolute Gasteiger partial charge is 0.00682 e. The molecule has 0 saturated heterocycles. The van der Waals surface area contributed by atoms with E-state index in [1.165, 1.54) is 77.2 Å². The summed E-state index contributed by atoms with van der Waals surface area (Å²) in [6.07, 6.45) is 15.8. The lowest BCUT2D eigenvalue weighted by Crippen LogP contribution is -2.19. The minimum absolute atomic E-state index is 0.890. The SMILES string of the molecule is CCCCCCCCCC(C)CCNC1CC1. The Balaban J connectivity index is 1.74. The molecule has 1 atom stereocenters. The maximum Gasteiger partial charge on any atom is 0.00682 e. The molecule has 1 heteroatoms. The third-order valence-corrected chi connectivity index (χ3v) is 3.95. The van der Waals surface area contributed by atoms with E-state index in [9.17, 15) is 0 Å². The van der Waals surface area contributed by atoms with E-state index in [1.54, 1.807) is 0 Å². The van der Waals surface area contributed by atoms with Gasteiger partial charge in [-0.2, -0.15) is 0 Å². The Morgan fingerprint density at radius 1 is 0.941 bits per heavy atom. The molecule has 0 amide bonds. The first-order valence-electron chi connectivity index (χ1n) is 8.06. The van der Waals surface area contributed by atoms with Gasteiger partial charge in [0.1, 0.15) is 0 Å². The van der Waals surface area contributed by atoms with E-state index in [-0.39, 0.29) is 0 Å². The molecule has 0 aliphatic heterocycles. The average Bonchev–Trinajstić information content (AvgIpc) is 3.12. The van der Waals surface area contributed by atoms with Crippen LogP contribution >= 0.6 is 0 Å². The largest absolute Gasteiger partial charge is 0.314 e. The van der Waals surface area contributed by atoms with Crippen molar-refractivity contribution in [2.75, 3.05) is 6.54 Å². The maximum atomic E-state index is 3.61. The molecule has 0 radical (unpaired) electrons. The Kier molecular flexibility index (Phi) is 8.78. The van der Waals surface area contributed by atoms with Crippen LogP contribution in [-0.2, 0) is 0 Å². The van der Waals surface area contributed by atoms with Gasteiger partial charge in [0, 0.05) is 6.04 Å². The van der Waals surface area contributed by atoms with Gasteiger partial charge >= 0.3 is 0 Å². The van der Waals surface area contributed by atoms with Crippen molar-refractivity contribution in [3.8, 4) is 0 Å². The minimum atomic E-state index is 0.890. The highest BCUT2D eigenvalue weighted by atomic mass is 14.9. The second-order valence-electron chi connectivity index (χ2n) is 6.03. The summed E-state index contributed by atoms with van der Waals surface area (Å²) in [5.41, 5.74) is 0. The third-order valence-electron chi connectivity index (χ3n) is 3.95. The molecule has 1 saturated carbocycles. The van der Waals surface area contributed by atoms with Crippen LogP contribution in [0.4, 0.5) is 0 Å². The normalized spacial score (nSPS) is 17.3. The van der Waals surface area contributed by atoms with E-state index >= 15 is 0 Å². The first-order valence-corrected chi connectivity index (χ1v) is 8.06. The highest BCUT2D eigenvalue weighted by Crippen LogP contribution is 2.19. The lowest BCUT2D eigenvalue weighted by molar-refractivity contribution is 0.441. The quantitative estimate of drug-likeness (QED) is 0.477. The van der Waals surface area contributed by atoms with Gasteiger partial charge in [-0.05, 0) is 31.7 Å². The van der Waals surface area contributed by atoms with Gasteiger partial charge in [0.15, 0.2) is 0 Å². The number of rotatable bonds is 12. The van der Waals surface area contributed by atoms with Gasteiger partial charge in [-0.25, -0.2) is 0 Å². The highest BCUT2D eigenvalue weighted by molar-refractivity contribution is 4.80. The summed E-state index contributed by atoms with van der Waals surface area (Å²) in [6, 6.07) is 0.890. The fourth-order valence-electron chi connectivity index (χ4n) is 2.42. The van der Waals surface area contributed by atoms with Crippen molar-refractivity contribution in [2.45, 2.75) is 90.5 Å². The molecular formula is C16H33N. The molecule has 1 aliphatic carbocycles. The van der Waals surface area contributed by atoms with Crippen molar-refractivity contribution >= 4 is 0 Å². The first-order chi connectivity index (χ1) is 8.33. The molecule has 0 bridgehead atoms. The van der Waals surface area contributed by atoms with Crippen LogP contribution in [0.1, 0.15) is 84.5 Å². The summed E-state index contributed by atoms with van der Waals surface area (Å²) in [4.78, 5) is 0. The average molecular weight is 239 g/mol. The number of unbranched alkanes of at least 4 members (excludes halogenated alkanes) is 6. The van der Waals surface area contributed by atoms with Crippen molar-refractivity contribution in [1.82, 2.24) is 5.32 Å². The van der Waals surface area contributed by atoms with Crippen LogP contribution < -0.4 is 5.32 Å². The highest BCUT2D eigenvalue weighted by Gasteiger charge is 2.19. The van der Waals surface area contributed by atoms with Crippen molar-refractivity contribution in [2.24, 2.45) is 5.92 Å². The maximum absolute atomic E-state index is 3.61. The van der Waals surface area contributed by atoms with Gasteiger partial charge in [-0.1, -0.05) is 65.2 Å². The Hall–Kier alpha value is -0.0400. The molecule has 0 aromatic heterocycles. The monoisotopic (exact) mass is 239 g/mol. The van der Waals surface area contributed by atoms with Crippen molar-refractivity contribution in [3.05, 3.63) is 0 Å². The van der Waals surface area contributed by atoms with E-state index in [0.29, 0.717) is 0 Å². The second-order valence-corrected chi connectivity index (χ2v) is 6.03. The lowest BCUT2D eigenvalue weighted by Gasteiger charge is -2.11. The fraction of sp³-hybridized carbons (Fsp3) is 1.00. The van der Waals surface area contributed by atoms with Crippen LogP contribution in [0.25, 0.3) is 0 Å². The Morgan fingerprint density at radius 3 is 2.24 bits per heavy atom. The van der Waals surface area contributed by atoms with Crippen molar-refractivity contribution < 1.29 is 0 Å². The van der Waals surface area contributed by atoms with E-state index in [4.69, 9.17) is 0 Å². The lowest BCUT2D eigenvalue weighted by atomic mass is 9.99. The standard InChI is InChI=1S/C16H33N/c1-3-4-5-6-7-8-9-10-15(2)13-14-17-16-11-12-16/h15-17H,3-14H2,1-2H3. The molecular weight excluding hydrogens is 206 g/mol. The van der Waals surface area contributed by atoms with Gasteiger partial charge in [0.2, 0.25) is 0 Å². The fourth-order valence-corrected chi connectivity index (χ4v) is 2.42. The molecule has 17 heavy (non-hydrogen) atoms. The van der Waals surface area contributed by atoms with E-state index in [0.717, 1.165) is 12.0 Å². The van der Waals surface area contributed by atoms with Gasteiger partial charge in [-0.15, -0.1) is 0 Å². The van der Waals surface area contributed by atoms with Crippen molar-refractivity contribution in [1.29, 1.82) is 0 Å². The summed E-state index contributed by atoms with van der Waals surface area (Å²) >= 11 is 0. The molecule has 1 nitrogen and oxygen atoms in total. The van der Waals surface area contributed by atoms with Crippen LogP contribution in [0.3, 0.4) is 0 Å². The number of hydrogen-bond acceptors (Lipinski definition) is 1. The molecule has 1 N–H and O–H groups in total. The second kappa shape index (κ2) is 9.94. The van der Waals surface area contributed by atoms with Crippen LogP contribution in [0.2, 0.25) is 0 Å². The Bertz CT molecular complexity index is 163. The topological polar surface area (TPSA) is 12.0 Å². The first kappa shape index (κ1) is 15.0. The predicted octanol–water partition coefficient (Wildman–Crippen LogP) is 4.91. The molecule has 1 aliphatic rings. The van der Waals surface area contributed by atoms with E-state index in [2.05, 4.69) is 19.2 Å². The Morgan fingerprint density at radius 2 is 1.59 bits per heavy atom. The molecule has 0 heterocycles. The zero-order valence-electron chi connectivity index (χ0n) is 12.1. The molecule has 102 valence electrons. The minimum Gasteiger partial charge on any atom is -0.314 e. The summed E-state index contributed by atoms with van der Waals surface area (Å²) in [5.74, 6) is 0.928. The molecule has 1 rings (SSSR count). The van der Waals surface area contributed by atoms with Gasteiger partial charge in [-0.3, -0.25) is 0 Å². The van der Waals surface area contributed by atoms with E-state index < -0.39 is 0 Å². The van der Waals surface area contributed by atoms with Crippen LogP contribution in [0.15, 0.2) is 0 Å². The van der Waals surface area contributed by atoms with Crippen LogP contribution in [0.5, 0.6) is 0 Å². The predicted molar refractivity (Wildman–Crippen MR) is 77.4 cm³/mol. The zero-order chi connectivity index (χ0) is 12.3. The van der Waals surface area contributed by atoms with Crippen molar-refractivity contribution in [3.63, 3.8) is 0 Å². The van der Waals surface area contributed by atoms with Crippen LogP contribution in [-0.4, -0.2) is 12.6 Å². The molecule has 0 spiro atoms. The van der Waals surface area contributed by atoms with Crippen LogP contribution in [0, 0.1) is 5.92 Å². The Labute approximate surface area is 109 Å². The molecule has 0 aromatic carbocycles. The van der Waals surface area contributed by atoms with Gasteiger partial charge in [0.05, 0.1) is 0 Å². The molecule has 1 unspecified atom stereocenters. The number of nitrogens with one attached hydrogen (secondary N) is 1.